The van der Waals surface area contributed by atoms with Gasteiger partial charge in [-0.2, -0.15) is 0 Å². The number of hydrogen-bond acceptors (Lipinski definition) is 3. The molecule has 2 unspecified atom stereocenters. The van der Waals surface area contributed by atoms with Gasteiger partial charge in [0.2, 0.25) is 5.91 Å². The van der Waals surface area contributed by atoms with Gasteiger partial charge in [-0.1, -0.05) is 37.3 Å². The first-order valence-electron chi connectivity index (χ1n) is 7.49. The molecule has 1 aliphatic heterocycles. The topological polar surface area (TPSA) is 44.4 Å². The van der Waals surface area contributed by atoms with Gasteiger partial charge in [-0.3, -0.25) is 9.69 Å². The van der Waals surface area contributed by atoms with Crippen LogP contribution in [0.1, 0.15) is 31.9 Å². The molecule has 0 bridgehead atoms. The number of likely N-dealkylation sites (N-methyl/N-ethyl adjacent to an activating group) is 1. The molecule has 0 spiro atoms. The summed E-state index contributed by atoms with van der Waals surface area (Å²) < 4.78 is 0. The Morgan fingerprint density at radius 1 is 1.45 bits per heavy atom. The summed E-state index contributed by atoms with van der Waals surface area (Å²) in [6.07, 6.45) is 1.13. The van der Waals surface area contributed by atoms with Crippen molar-refractivity contribution >= 4 is 5.91 Å². The summed E-state index contributed by atoms with van der Waals surface area (Å²) in [7, 11) is 0. The normalized spacial score (nSPS) is 20.1. The molecule has 1 amide bonds. The second-order valence-electron chi connectivity index (χ2n) is 5.41. The number of amides is 1. The number of rotatable bonds is 6. The van der Waals surface area contributed by atoms with Crippen LogP contribution < -0.4 is 10.6 Å². The zero-order valence-corrected chi connectivity index (χ0v) is 12.4. The lowest BCUT2D eigenvalue weighted by Gasteiger charge is -2.27. The van der Waals surface area contributed by atoms with Crippen molar-refractivity contribution in [3.63, 3.8) is 0 Å². The summed E-state index contributed by atoms with van der Waals surface area (Å²) in [6, 6.07) is 10.6. The molecule has 0 radical (unpaired) electrons. The summed E-state index contributed by atoms with van der Waals surface area (Å²) in [6.45, 7) is 7.60. The van der Waals surface area contributed by atoms with Gasteiger partial charge in [0, 0.05) is 12.6 Å². The maximum atomic E-state index is 12.2. The number of hydrogen-bond donors (Lipinski definition) is 2. The Bertz CT molecular complexity index is 415. The monoisotopic (exact) mass is 275 g/mol. The molecule has 1 aromatic carbocycles. The number of carbonyl (C=O) groups excluding carboxylic acids is 1. The molecule has 1 fully saturated rings. The van der Waals surface area contributed by atoms with E-state index >= 15 is 0 Å². The first kappa shape index (κ1) is 15.0. The molecule has 1 heterocycles. The van der Waals surface area contributed by atoms with E-state index in [1.807, 2.05) is 37.3 Å². The van der Waals surface area contributed by atoms with Crippen LogP contribution in [-0.4, -0.2) is 43.0 Å². The van der Waals surface area contributed by atoms with Gasteiger partial charge in [0.1, 0.15) is 0 Å². The molecule has 1 saturated heterocycles. The van der Waals surface area contributed by atoms with E-state index in [-0.39, 0.29) is 11.9 Å². The van der Waals surface area contributed by atoms with E-state index in [1.165, 1.54) is 0 Å². The maximum Gasteiger partial charge on any atom is 0.234 e. The van der Waals surface area contributed by atoms with Crippen molar-refractivity contribution in [3.8, 4) is 0 Å². The first-order chi connectivity index (χ1) is 9.70. The molecule has 2 atom stereocenters. The Balaban J connectivity index is 1.84. The van der Waals surface area contributed by atoms with E-state index in [2.05, 4.69) is 22.5 Å². The second kappa shape index (κ2) is 7.41. The van der Waals surface area contributed by atoms with Crippen LogP contribution in [0.5, 0.6) is 0 Å². The Kier molecular flexibility index (Phi) is 5.56. The fourth-order valence-electron chi connectivity index (χ4n) is 2.75. The number of benzene rings is 1. The Morgan fingerprint density at radius 2 is 2.20 bits per heavy atom. The number of carbonyl (C=O) groups is 1. The molecule has 4 nitrogen and oxygen atoms in total. The minimum absolute atomic E-state index is 0.0594. The summed E-state index contributed by atoms with van der Waals surface area (Å²) in [4.78, 5) is 14.4. The largest absolute Gasteiger partial charge is 0.348 e. The summed E-state index contributed by atoms with van der Waals surface area (Å²) in [5, 5.41) is 6.44. The maximum absolute atomic E-state index is 12.2. The van der Waals surface area contributed by atoms with Crippen molar-refractivity contribution in [1.29, 1.82) is 0 Å². The average molecular weight is 275 g/mol. The smallest absolute Gasteiger partial charge is 0.234 e. The van der Waals surface area contributed by atoms with E-state index in [0.717, 1.165) is 31.6 Å². The van der Waals surface area contributed by atoms with E-state index in [0.29, 0.717) is 12.6 Å². The van der Waals surface area contributed by atoms with Crippen molar-refractivity contribution < 1.29 is 4.79 Å². The van der Waals surface area contributed by atoms with Gasteiger partial charge >= 0.3 is 0 Å². The zero-order chi connectivity index (χ0) is 14.4. The lowest BCUT2D eigenvalue weighted by atomic mass is 10.1. The van der Waals surface area contributed by atoms with Crippen LogP contribution in [0.15, 0.2) is 30.3 Å². The lowest BCUT2D eigenvalue weighted by Crippen LogP contribution is -2.44. The fraction of sp³-hybridized carbons (Fsp3) is 0.562. The predicted molar refractivity (Wildman–Crippen MR) is 81.5 cm³/mol. The number of nitrogens with one attached hydrogen (secondary N) is 2. The third-order valence-corrected chi connectivity index (χ3v) is 3.98. The summed E-state index contributed by atoms with van der Waals surface area (Å²) >= 11 is 0. The van der Waals surface area contributed by atoms with Crippen molar-refractivity contribution in [2.75, 3.05) is 26.2 Å². The van der Waals surface area contributed by atoms with E-state index in [1.54, 1.807) is 0 Å². The second-order valence-corrected chi connectivity index (χ2v) is 5.41. The molecule has 2 N–H and O–H groups in total. The van der Waals surface area contributed by atoms with Gasteiger partial charge in [-0.15, -0.1) is 0 Å². The molecule has 1 aromatic rings. The van der Waals surface area contributed by atoms with Crippen LogP contribution >= 0.6 is 0 Å². The third-order valence-electron chi connectivity index (χ3n) is 3.98. The lowest BCUT2D eigenvalue weighted by molar-refractivity contribution is -0.123. The molecule has 0 aliphatic carbocycles. The Morgan fingerprint density at radius 3 is 2.80 bits per heavy atom. The highest BCUT2D eigenvalue weighted by atomic mass is 16.2. The molecule has 0 aromatic heterocycles. The SMILES string of the molecule is CCN(CC(=O)NC(C)c1ccccc1)C1CCNC1. The molecule has 20 heavy (non-hydrogen) atoms. The van der Waals surface area contributed by atoms with E-state index in [9.17, 15) is 4.79 Å². The quantitative estimate of drug-likeness (QED) is 0.828. The van der Waals surface area contributed by atoms with E-state index < -0.39 is 0 Å². The Hall–Kier alpha value is -1.39. The standard InChI is InChI=1S/C16H25N3O/c1-3-19(15-9-10-17-11-15)12-16(20)18-13(2)14-7-5-4-6-8-14/h4-8,13,15,17H,3,9-12H2,1-2H3,(H,18,20). The molecule has 2 rings (SSSR count). The molecule has 1 aliphatic rings. The van der Waals surface area contributed by atoms with Crippen molar-refractivity contribution in [1.82, 2.24) is 15.5 Å². The minimum Gasteiger partial charge on any atom is -0.348 e. The molecular weight excluding hydrogens is 250 g/mol. The van der Waals surface area contributed by atoms with Gasteiger partial charge in [0.25, 0.3) is 0 Å². The van der Waals surface area contributed by atoms with Crippen molar-refractivity contribution in [3.05, 3.63) is 35.9 Å². The van der Waals surface area contributed by atoms with Gasteiger partial charge in [-0.25, -0.2) is 0 Å². The fourth-order valence-corrected chi connectivity index (χ4v) is 2.75. The van der Waals surface area contributed by atoms with Gasteiger partial charge in [0.15, 0.2) is 0 Å². The minimum atomic E-state index is 0.0594. The Labute approximate surface area is 121 Å². The summed E-state index contributed by atoms with van der Waals surface area (Å²) in [5.74, 6) is 0.107. The molecule has 0 saturated carbocycles. The highest BCUT2D eigenvalue weighted by molar-refractivity contribution is 5.78. The number of nitrogens with zero attached hydrogens (tertiary/aromatic N) is 1. The zero-order valence-electron chi connectivity index (χ0n) is 12.4. The third kappa shape index (κ3) is 4.05. The molecule has 4 heteroatoms. The van der Waals surface area contributed by atoms with Gasteiger partial charge in [-0.05, 0) is 32.0 Å². The van der Waals surface area contributed by atoms with Crippen LogP contribution in [0.25, 0.3) is 0 Å². The average Bonchev–Trinajstić information content (AvgIpc) is 2.99. The molecule has 110 valence electrons. The highest BCUT2D eigenvalue weighted by Gasteiger charge is 2.23. The molecular formula is C16H25N3O. The van der Waals surface area contributed by atoms with E-state index in [4.69, 9.17) is 0 Å². The first-order valence-corrected chi connectivity index (χ1v) is 7.49. The van der Waals surface area contributed by atoms with Crippen LogP contribution in [0, 0.1) is 0 Å². The van der Waals surface area contributed by atoms with Crippen LogP contribution in [0.3, 0.4) is 0 Å². The van der Waals surface area contributed by atoms with Crippen LogP contribution in [-0.2, 0) is 4.79 Å². The van der Waals surface area contributed by atoms with Crippen LogP contribution in [0.4, 0.5) is 0 Å². The predicted octanol–water partition coefficient (Wildman–Crippen LogP) is 1.55. The van der Waals surface area contributed by atoms with Crippen LogP contribution in [0.2, 0.25) is 0 Å². The van der Waals surface area contributed by atoms with Crippen molar-refractivity contribution in [2.24, 2.45) is 0 Å². The van der Waals surface area contributed by atoms with Gasteiger partial charge < -0.3 is 10.6 Å². The van der Waals surface area contributed by atoms with Gasteiger partial charge in [0.05, 0.1) is 12.6 Å². The highest BCUT2D eigenvalue weighted by Crippen LogP contribution is 2.12. The summed E-state index contributed by atoms with van der Waals surface area (Å²) in [5.41, 5.74) is 1.14. The van der Waals surface area contributed by atoms with Crippen molar-refractivity contribution in [2.45, 2.75) is 32.4 Å².